The van der Waals surface area contributed by atoms with Crippen molar-refractivity contribution < 1.29 is 14.2 Å². The van der Waals surface area contributed by atoms with Crippen molar-refractivity contribution >= 4 is 46.2 Å². The number of fused-ring (bicyclic) bond motifs is 6. The van der Waals surface area contributed by atoms with Gasteiger partial charge in [0.05, 0.1) is 0 Å². The van der Waals surface area contributed by atoms with Crippen LogP contribution < -0.4 is 47.0 Å². The van der Waals surface area contributed by atoms with E-state index in [2.05, 4.69) is 103 Å². The highest BCUT2D eigenvalue weighted by Crippen LogP contribution is 2.38. The van der Waals surface area contributed by atoms with E-state index in [0.717, 1.165) is 72.9 Å². The molecule has 0 radical (unpaired) electrons. The molecular weight excluding hydrogens is 502 g/mol. The van der Waals surface area contributed by atoms with Crippen LogP contribution in [0.15, 0.2) is 133 Å². The number of benzene rings is 6. The Labute approximate surface area is 239 Å². The molecule has 3 nitrogen and oxygen atoms in total. The molecule has 41 heavy (non-hydrogen) atoms. The van der Waals surface area contributed by atoms with Crippen LogP contribution in [0.1, 0.15) is 0 Å². The van der Waals surface area contributed by atoms with Gasteiger partial charge in [-0.15, -0.1) is 0 Å². The van der Waals surface area contributed by atoms with Crippen LogP contribution in [0.4, 0.5) is 0 Å². The molecule has 0 saturated heterocycles. The van der Waals surface area contributed by atoms with Crippen molar-refractivity contribution in [2.45, 2.75) is 0 Å². The summed E-state index contributed by atoms with van der Waals surface area (Å²) in [7, 11) is 0. The van der Waals surface area contributed by atoms with E-state index in [9.17, 15) is 0 Å². The van der Waals surface area contributed by atoms with Crippen molar-refractivity contribution in [1.82, 2.24) is 0 Å². The maximum absolute atomic E-state index is 6.80. The zero-order chi connectivity index (χ0) is 26.9. The predicted octanol–water partition coefficient (Wildman–Crippen LogP) is 4.70. The number of ether oxygens (including phenoxy) is 3. The first-order chi connectivity index (χ1) is 20.3. The summed E-state index contributed by atoms with van der Waals surface area (Å²) < 4.78 is 19.5. The summed E-state index contributed by atoms with van der Waals surface area (Å²) >= 11 is 0. The molecule has 0 amide bonds. The number of para-hydroxylation sites is 4. The summed E-state index contributed by atoms with van der Waals surface area (Å²) in [6, 6.07) is 46.5. The zero-order valence-corrected chi connectivity index (χ0v) is 22.1. The molecule has 3 heterocycles. The molecule has 0 aromatic heterocycles. The summed E-state index contributed by atoms with van der Waals surface area (Å²) in [5.74, 6) is 5.31. The molecule has 3 aliphatic rings. The normalized spacial score (nSPS) is 13.4. The van der Waals surface area contributed by atoms with Crippen molar-refractivity contribution in [1.29, 1.82) is 0 Å². The van der Waals surface area contributed by atoms with E-state index in [1.807, 2.05) is 30.3 Å². The van der Waals surface area contributed by atoms with Gasteiger partial charge in [0.2, 0.25) is 0 Å². The second-order valence-corrected chi connectivity index (χ2v) is 10.8. The van der Waals surface area contributed by atoms with Gasteiger partial charge in [-0.1, -0.05) is 109 Å². The van der Waals surface area contributed by atoms with Crippen LogP contribution in [0.2, 0.25) is 0 Å². The van der Waals surface area contributed by atoms with Crippen LogP contribution in [0.25, 0.3) is 11.1 Å². The Morgan fingerprint density at radius 2 is 0.756 bits per heavy atom. The van der Waals surface area contributed by atoms with E-state index in [1.165, 1.54) is 5.46 Å². The molecule has 9 rings (SSSR count). The van der Waals surface area contributed by atoms with Gasteiger partial charge in [0.15, 0.2) is 0 Å². The molecule has 6 aromatic carbocycles. The third kappa shape index (κ3) is 3.29. The van der Waals surface area contributed by atoms with Gasteiger partial charge in [0, 0.05) is 11.0 Å². The molecular formula is C36H22B2O3. The second kappa shape index (κ2) is 8.67. The van der Waals surface area contributed by atoms with Crippen molar-refractivity contribution in [3.05, 3.63) is 133 Å². The molecule has 0 atom stereocenters. The zero-order valence-electron chi connectivity index (χ0n) is 22.1. The Kier molecular flexibility index (Phi) is 4.79. The average Bonchev–Trinajstić information content (AvgIpc) is 3.03. The minimum Gasteiger partial charge on any atom is -0.458 e. The third-order valence-corrected chi connectivity index (χ3v) is 8.58. The van der Waals surface area contributed by atoms with E-state index in [-0.39, 0.29) is 13.4 Å². The van der Waals surface area contributed by atoms with Gasteiger partial charge >= 0.3 is 0 Å². The van der Waals surface area contributed by atoms with Crippen molar-refractivity contribution in [2.24, 2.45) is 0 Å². The van der Waals surface area contributed by atoms with Gasteiger partial charge in [-0.25, -0.2) is 0 Å². The molecule has 0 bridgehead atoms. The Morgan fingerprint density at radius 3 is 1.44 bits per heavy atom. The van der Waals surface area contributed by atoms with Crippen molar-refractivity contribution in [3.63, 3.8) is 0 Å². The molecule has 3 aliphatic heterocycles. The highest BCUT2D eigenvalue weighted by Gasteiger charge is 2.41. The van der Waals surface area contributed by atoms with Crippen LogP contribution in [0.3, 0.4) is 0 Å². The van der Waals surface area contributed by atoms with Crippen molar-refractivity contribution in [2.75, 3.05) is 0 Å². The van der Waals surface area contributed by atoms with E-state index in [1.54, 1.807) is 0 Å². The first kappa shape index (κ1) is 22.6. The van der Waals surface area contributed by atoms with E-state index in [0.29, 0.717) is 0 Å². The second-order valence-electron chi connectivity index (χ2n) is 10.8. The number of hydrogen-bond donors (Lipinski definition) is 0. The van der Waals surface area contributed by atoms with Gasteiger partial charge < -0.3 is 14.2 Å². The fourth-order valence-corrected chi connectivity index (χ4v) is 6.85. The third-order valence-electron chi connectivity index (χ3n) is 8.58. The molecule has 0 N–H and O–H groups in total. The highest BCUT2D eigenvalue weighted by molar-refractivity contribution is 6.99. The SMILES string of the molecule is c1ccc2c(c1)Oc1ccccc1B2c1ccccc1-c1cccc2c1Oc1cccc3c1B2c1ccccc1O3. The molecule has 6 aromatic rings. The van der Waals surface area contributed by atoms with Crippen LogP contribution in [-0.2, 0) is 0 Å². The first-order valence-corrected chi connectivity index (χ1v) is 14.0. The molecule has 5 heteroatoms. The summed E-state index contributed by atoms with van der Waals surface area (Å²) in [6.07, 6.45) is 0. The van der Waals surface area contributed by atoms with Crippen LogP contribution in [0, 0.1) is 0 Å². The van der Waals surface area contributed by atoms with Gasteiger partial charge in [-0.3, -0.25) is 0 Å². The van der Waals surface area contributed by atoms with Gasteiger partial charge in [0.25, 0.3) is 13.4 Å². The summed E-state index contributed by atoms with van der Waals surface area (Å²) in [4.78, 5) is 0. The fourth-order valence-electron chi connectivity index (χ4n) is 6.85. The minimum absolute atomic E-state index is 0.0227. The fraction of sp³-hybridized carbons (Fsp3) is 0. The lowest BCUT2D eigenvalue weighted by molar-refractivity contribution is 0.465. The van der Waals surface area contributed by atoms with Crippen molar-refractivity contribution in [3.8, 4) is 45.6 Å². The lowest BCUT2D eigenvalue weighted by Gasteiger charge is -2.34. The summed E-state index contributed by atoms with van der Waals surface area (Å²) in [5, 5.41) is 0. The molecule has 0 fully saturated rings. The highest BCUT2D eigenvalue weighted by atomic mass is 16.5. The van der Waals surface area contributed by atoms with E-state index >= 15 is 0 Å². The molecule has 0 unspecified atom stereocenters. The summed E-state index contributed by atoms with van der Waals surface area (Å²) in [6.45, 7) is 0.0565. The van der Waals surface area contributed by atoms with E-state index in [4.69, 9.17) is 14.2 Å². The van der Waals surface area contributed by atoms with Gasteiger partial charge in [-0.2, -0.15) is 0 Å². The molecule has 0 aliphatic carbocycles. The van der Waals surface area contributed by atoms with Crippen LogP contribution in [0.5, 0.6) is 34.5 Å². The standard InChI is InChI=1S/C36H22B2O3/c1-2-13-25(37-26-14-3-6-18-30(26)39-31-19-7-4-15-27(31)37)23(11-1)24-12-9-17-29-36(24)41-34-22-10-21-33-35(34)38(29)28-16-5-8-20-32(28)40-33/h1-22H. The lowest BCUT2D eigenvalue weighted by Crippen LogP contribution is -2.57. The van der Waals surface area contributed by atoms with Gasteiger partial charge in [-0.05, 0) is 57.7 Å². The van der Waals surface area contributed by atoms with E-state index < -0.39 is 0 Å². The average molecular weight is 524 g/mol. The Bertz CT molecular complexity index is 1970. The monoisotopic (exact) mass is 524 g/mol. The quantitative estimate of drug-likeness (QED) is 0.307. The van der Waals surface area contributed by atoms with Gasteiger partial charge in [0.1, 0.15) is 34.5 Å². The minimum atomic E-state index is 0.0227. The number of hydrogen-bond acceptors (Lipinski definition) is 3. The topological polar surface area (TPSA) is 27.7 Å². The number of rotatable bonds is 2. The Balaban J connectivity index is 1.28. The largest absolute Gasteiger partial charge is 0.458 e. The Morgan fingerprint density at radius 1 is 0.317 bits per heavy atom. The first-order valence-electron chi connectivity index (χ1n) is 14.0. The predicted molar refractivity (Wildman–Crippen MR) is 167 cm³/mol. The molecule has 190 valence electrons. The summed E-state index contributed by atoms with van der Waals surface area (Å²) in [5.41, 5.74) is 9.20. The Hall–Kier alpha value is -5.15. The van der Waals surface area contributed by atoms with Crippen LogP contribution >= 0.6 is 0 Å². The maximum atomic E-state index is 6.80. The maximum Gasteiger partial charge on any atom is 0.260 e. The molecule has 0 spiro atoms. The molecule has 0 saturated carbocycles. The smallest absolute Gasteiger partial charge is 0.260 e. The lowest BCUT2D eigenvalue weighted by atomic mass is 9.34. The van der Waals surface area contributed by atoms with Crippen LogP contribution in [-0.4, -0.2) is 13.4 Å².